The molecule has 2 aliphatic rings. The average Bonchev–Trinajstić information content (AvgIpc) is 3.76. The molecule has 1 saturated heterocycles. The summed E-state index contributed by atoms with van der Waals surface area (Å²) in [5.74, 6) is -1.19. The number of urea groups is 1. The molecule has 1 aliphatic heterocycles. The Labute approximate surface area is 236 Å². The highest BCUT2D eigenvalue weighted by Gasteiger charge is 2.58. The number of hydrogen-bond acceptors (Lipinski definition) is 8. The van der Waals surface area contributed by atoms with Crippen molar-refractivity contribution in [1.82, 2.24) is 15.3 Å². The fourth-order valence-corrected chi connectivity index (χ4v) is 6.77. The van der Waals surface area contributed by atoms with Crippen LogP contribution < -0.4 is 15.5 Å². The zero-order valence-electron chi connectivity index (χ0n) is 22.2. The van der Waals surface area contributed by atoms with Crippen LogP contribution in [0.15, 0.2) is 65.7 Å². The van der Waals surface area contributed by atoms with Crippen molar-refractivity contribution in [2.45, 2.75) is 35.4 Å². The lowest BCUT2D eigenvalue weighted by Gasteiger charge is -2.34. The van der Waals surface area contributed by atoms with E-state index in [1.165, 1.54) is 0 Å². The van der Waals surface area contributed by atoms with Crippen molar-refractivity contribution in [2.24, 2.45) is 0 Å². The predicted molar refractivity (Wildman–Crippen MR) is 148 cm³/mol. The molecule has 10 nitrogen and oxygen atoms in total. The highest BCUT2D eigenvalue weighted by molar-refractivity contribution is 7.92. The van der Waals surface area contributed by atoms with E-state index in [9.17, 15) is 22.0 Å². The standard InChI is InChI=1S/C28H29F2N5O5S/c1-17(15-36)31-27(37)32-22-5-3-19(4-6-22)26-33-24(14-25(34-26)35-9-10-40-16-18(35)2)28(7-8-28)41(38,39)23-12-20(29)11-21(30)13-23/h3-6,11-14,18,36H,1,7-10,15-16H2,2H3,(H2,31,32,37)/t18-/m0/s1. The third-order valence-electron chi connectivity index (χ3n) is 7.09. The third-order valence-corrected chi connectivity index (χ3v) is 9.59. The summed E-state index contributed by atoms with van der Waals surface area (Å²) in [6, 6.07) is 9.91. The second kappa shape index (κ2) is 11.1. The third kappa shape index (κ3) is 5.78. The smallest absolute Gasteiger partial charge is 0.323 e. The molecule has 1 atom stereocenters. The maximum absolute atomic E-state index is 14.0. The van der Waals surface area contributed by atoms with Crippen molar-refractivity contribution < 1.29 is 31.8 Å². The number of anilines is 2. The fraction of sp³-hybridized carbons (Fsp3) is 0.321. The maximum Gasteiger partial charge on any atom is 0.323 e. The molecule has 13 heteroatoms. The van der Waals surface area contributed by atoms with Crippen LogP contribution in [0.3, 0.4) is 0 Å². The van der Waals surface area contributed by atoms with Gasteiger partial charge in [-0.05, 0) is 56.2 Å². The Bertz CT molecular complexity index is 1580. The number of carbonyl (C=O) groups excluding carboxylic acids is 1. The number of aromatic nitrogens is 2. The SMILES string of the molecule is C=C(CO)NC(=O)Nc1ccc(-c2nc(N3CCOC[C@@H]3C)cc(C3(S(=O)(=O)c4cc(F)cc(F)c4)CC3)n2)cc1. The Morgan fingerprint density at radius 1 is 1.15 bits per heavy atom. The first-order valence-corrected chi connectivity index (χ1v) is 14.4. The van der Waals surface area contributed by atoms with E-state index >= 15 is 0 Å². The van der Waals surface area contributed by atoms with E-state index in [1.807, 2.05) is 11.8 Å². The molecule has 41 heavy (non-hydrogen) atoms. The Balaban J connectivity index is 1.54. The molecule has 3 N–H and O–H groups in total. The minimum Gasteiger partial charge on any atom is -0.390 e. The molecule has 1 aromatic heterocycles. The lowest BCUT2D eigenvalue weighted by molar-refractivity contribution is 0.0985. The van der Waals surface area contributed by atoms with Crippen LogP contribution in [0, 0.1) is 11.6 Å². The van der Waals surface area contributed by atoms with Crippen molar-refractivity contribution in [1.29, 1.82) is 0 Å². The number of ether oxygens (including phenoxy) is 1. The Kier molecular flexibility index (Phi) is 7.77. The van der Waals surface area contributed by atoms with Crippen LogP contribution in [0.25, 0.3) is 11.4 Å². The molecule has 3 aromatic rings. The van der Waals surface area contributed by atoms with Crippen molar-refractivity contribution in [3.63, 3.8) is 0 Å². The van der Waals surface area contributed by atoms with Crippen LogP contribution in [0.2, 0.25) is 0 Å². The molecule has 216 valence electrons. The molecule has 1 aliphatic carbocycles. The van der Waals surface area contributed by atoms with Gasteiger partial charge in [0, 0.05) is 35.6 Å². The van der Waals surface area contributed by atoms with E-state index in [1.54, 1.807) is 30.3 Å². The molecular weight excluding hydrogens is 556 g/mol. The van der Waals surface area contributed by atoms with Crippen molar-refractivity contribution in [3.8, 4) is 11.4 Å². The van der Waals surface area contributed by atoms with E-state index in [0.717, 1.165) is 12.1 Å². The summed E-state index contributed by atoms with van der Waals surface area (Å²) >= 11 is 0. The average molecular weight is 586 g/mol. The van der Waals surface area contributed by atoms with Gasteiger partial charge in [0.1, 0.15) is 22.2 Å². The van der Waals surface area contributed by atoms with Crippen LogP contribution in [-0.4, -0.2) is 61.9 Å². The number of aliphatic hydroxyl groups excluding tert-OH is 1. The molecule has 2 heterocycles. The molecule has 1 saturated carbocycles. The fourth-order valence-electron chi connectivity index (χ4n) is 4.76. The summed E-state index contributed by atoms with van der Waals surface area (Å²) in [5.41, 5.74) is 1.39. The minimum absolute atomic E-state index is 0.0396. The number of nitrogens with one attached hydrogen (secondary N) is 2. The summed E-state index contributed by atoms with van der Waals surface area (Å²) in [5, 5.41) is 14.1. The normalized spacial score (nSPS) is 18.0. The number of sulfone groups is 1. The number of amides is 2. The summed E-state index contributed by atoms with van der Waals surface area (Å²) < 4.78 is 59.7. The maximum atomic E-state index is 14.0. The van der Waals surface area contributed by atoms with Gasteiger partial charge in [-0.15, -0.1) is 0 Å². The van der Waals surface area contributed by atoms with Gasteiger partial charge in [0.15, 0.2) is 15.7 Å². The van der Waals surface area contributed by atoms with Gasteiger partial charge >= 0.3 is 6.03 Å². The van der Waals surface area contributed by atoms with Gasteiger partial charge in [0.2, 0.25) is 0 Å². The summed E-state index contributed by atoms with van der Waals surface area (Å²) in [4.78, 5) is 23.0. The topological polar surface area (TPSA) is 134 Å². The number of carbonyl (C=O) groups is 1. The summed E-state index contributed by atoms with van der Waals surface area (Å²) in [6.45, 7) is 6.55. The first-order valence-electron chi connectivity index (χ1n) is 12.9. The van der Waals surface area contributed by atoms with Crippen LogP contribution in [0.1, 0.15) is 25.5 Å². The number of hydrogen-bond donors (Lipinski definition) is 3. The van der Waals surface area contributed by atoms with E-state index in [4.69, 9.17) is 14.8 Å². The number of benzene rings is 2. The zero-order valence-corrected chi connectivity index (χ0v) is 23.0. The first-order chi connectivity index (χ1) is 19.5. The van der Waals surface area contributed by atoms with Crippen molar-refractivity contribution >= 4 is 27.4 Å². The Hall–Kier alpha value is -3.94. The predicted octanol–water partition coefficient (Wildman–Crippen LogP) is 3.74. The van der Waals surface area contributed by atoms with E-state index in [0.29, 0.717) is 42.9 Å². The van der Waals surface area contributed by atoms with E-state index in [2.05, 4.69) is 22.2 Å². The second-order valence-corrected chi connectivity index (χ2v) is 12.3. The highest BCUT2D eigenvalue weighted by atomic mass is 32.2. The highest BCUT2D eigenvalue weighted by Crippen LogP contribution is 2.55. The van der Waals surface area contributed by atoms with Gasteiger partial charge in [-0.3, -0.25) is 0 Å². The van der Waals surface area contributed by atoms with Crippen LogP contribution >= 0.6 is 0 Å². The van der Waals surface area contributed by atoms with Crippen LogP contribution in [0.5, 0.6) is 0 Å². The molecular formula is C28H29F2N5O5S. The lowest BCUT2D eigenvalue weighted by atomic mass is 10.1. The van der Waals surface area contributed by atoms with Gasteiger partial charge in [-0.1, -0.05) is 6.58 Å². The minimum atomic E-state index is -4.21. The monoisotopic (exact) mass is 585 g/mol. The van der Waals surface area contributed by atoms with Gasteiger partial charge in [-0.2, -0.15) is 0 Å². The number of morpholine rings is 1. The second-order valence-electron chi connectivity index (χ2n) is 10.1. The molecule has 5 rings (SSSR count). The first kappa shape index (κ1) is 28.6. The van der Waals surface area contributed by atoms with Gasteiger partial charge in [-0.25, -0.2) is 32.0 Å². The van der Waals surface area contributed by atoms with E-state index in [-0.39, 0.29) is 36.1 Å². The molecule has 0 spiro atoms. The zero-order chi connectivity index (χ0) is 29.4. The molecule has 2 aromatic carbocycles. The molecule has 0 bridgehead atoms. The van der Waals surface area contributed by atoms with Crippen LogP contribution in [0.4, 0.5) is 25.1 Å². The van der Waals surface area contributed by atoms with Crippen LogP contribution in [-0.2, 0) is 19.3 Å². The summed E-state index contributed by atoms with van der Waals surface area (Å²) in [7, 11) is -4.21. The Morgan fingerprint density at radius 3 is 2.44 bits per heavy atom. The van der Waals surface area contributed by atoms with E-state index < -0.39 is 43.8 Å². The molecule has 0 radical (unpaired) electrons. The van der Waals surface area contributed by atoms with Gasteiger partial charge in [0.05, 0.1) is 36.5 Å². The number of rotatable bonds is 8. The molecule has 0 unspecified atom stereocenters. The summed E-state index contributed by atoms with van der Waals surface area (Å²) in [6.07, 6.45) is 0.470. The lowest BCUT2D eigenvalue weighted by Crippen LogP contribution is -2.44. The van der Waals surface area contributed by atoms with Gasteiger partial charge in [0.25, 0.3) is 0 Å². The largest absolute Gasteiger partial charge is 0.390 e. The Morgan fingerprint density at radius 2 is 1.83 bits per heavy atom. The quantitative estimate of drug-likeness (QED) is 0.364. The number of nitrogens with zero attached hydrogens (tertiary/aromatic N) is 3. The number of aliphatic hydroxyl groups is 1. The van der Waals surface area contributed by atoms with Crippen molar-refractivity contribution in [3.05, 3.63) is 78.1 Å². The molecule has 2 fully saturated rings. The van der Waals surface area contributed by atoms with Crippen molar-refractivity contribution in [2.75, 3.05) is 36.6 Å². The number of halogens is 2. The molecule has 2 amide bonds. The van der Waals surface area contributed by atoms with Gasteiger partial charge < -0.3 is 25.4 Å².